The largest absolute Gasteiger partial charge is 0.504 e. The topological polar surface area (TPSA) is 99.7 Å². The Bertz CT molecular complexity index is 952. The summed E-state index contributed by atoms with van der Waals surface area (Å²) in [6, 6.07) is 12.0. The van der Waals surface area contributed by atoms with Gasteiger partial charge in [0.1, 0.15) is 0 Å². The highest BCUT2D eigenvalue weighted by molar-refractivity contribution is 7.99. The molecule has 1 aromatic heterocycles. The van der Waals surface area contributed by atoms with Gasteiger partial charge in [-0.2, -0.15) is 5.10 Å². The molecule has 25 heavy (non-hydrogen) atoms. The van der Waals surface area contributed by atoms with Crippen LogP contribution in [-0.4, -0.2) is 37.6 Å². The van der Waals surface area contributed by atoms with Crippen molar-refractivity contribution in [2.24, 2.45) is 12.1 Å². The van der Waals surface area contributed by atoms with E-state index in [2.05, 4.69) is 15.5 Å². The highest BCUT2D eigenvalue weighted by Crippen LogP contribution is 2.24. The van der Waals surface area contributed by atoms with Crippen molar-refractivity contribution >= 4 is 34.9 Å². The second kappa shape index (κ2) is 7.27. The van der Waals surface area contributed by atoms with E-state index in [4.69, 9.17) is 0 Å². The normalized spacial score (nSPS) is 11.2. The van der Waals surface area contributed by atoms with Crippen LogP contribution in [0.25, 0.3) is 11.0 Å². The number of nitrogens with one attached hydrogen (secondary N) is 1. The van der Waals surface area contributed by atoms with Crippen molar-refractivity contribution in [2.45, 2.75) is 5.16 Å². The van der Waals surface area contributed by atoms with Crippen LogP contribution in [0.3, 0.4) is 0 Å². The fraction of sp³-hybridized carbons (Fsp3) is 0.118. The summed E-state index contributed by atoms with van der Waals surface area (Å²) in [6.45, 7) is 0. The van der Waals surface area contributed by atoms with Crippen LogP contribution in [0.1, 0.15) is 5.56 Å². The molecule has 0 atom stereocenters. The van der Waals surface area contributed by atoms with E-state index in [9.17, 15) is 15.0 Å². The number of aryl methyl sites for hydroxylation is 1. The number of nitrogens with zero attached hydrogens (tertiary/aromatic N) is 3. The Balaban J connectivity index is 1.56. The van der Waals surface area contributed by atoms with E-state index >= 15 is 0 Å². The summed E-state index contributed by atoms with van der Waals surface area (Å²) in [5, 5.41) is 23.2. The number of aromatic hydroxyl groups is 2. The molecule has 1 amide bonds. The van der Waals surface area contributed by atoms with Crippen LogP contribution < -0.4 is 5.43 Å². The van der Waals surface area contributed by atoms with Crippen LogP contribution in [-0.2, 0) is 11.8 Å². The summed E-state index contributed by atoms with van der Waals surface area (Å²) in [6.07, 6.45) is 1.39. The fourth-order valence-corrected chi connectivity index (χ4v) is 2.99. The molecule has 0 saturated heterocycles. The van der Waals surface area contributed by atoms with Gasteiger partial charge in [-0.15, -0.1) is 0 Å². The highest BCUT2D eigenvalue weighted by atomic mass is 32.2. The molecule has 0 bridgehead atoms. The van der Waals surface area contributed by atoms with Gasteiger partial charge < -0.3 is 14.8 Å². The number of carbonyl (C=O) groups excluding carboxylic acids is 1. The molecule has 0 spiro atoms. The van der Waals surface area contributed by atoms with Crippen LogP contribution in [0.15, 0.2) is 52.7 Å². The highest BCUT2D eigenvalue weighted by Gasteiger charge is 2.09. The second-order valence-corrected chi connectivity index (χ2v) is 6.21. The number of hydrogen-bond acceptors (Lipinski definition) is 6. The van der Waals surface area contributed by atoms with Gasteiger partial charge in [-0.1, -0.05) is 23.9 Å². The minimum Gasteiger partial charge on any atom is -0.504 e. The van der Waals surface area contributed by atoms with Gasteiger partial charge in [-0.05, 0) is 35.9 Å². The third-order valence-corrected chi connectivity index (χ3v) is 4.51. The van der Waals surface area contributed by atoms with Crippen molar-refractivity contribution < 1.29 is 15.0 Å². The van der Waals surface area contributed by atoms with Crippen LogP contribution in [0.2, 0.25) is 0 Å². The number of phenols is 2. The Morgan fingerprint density at radius 2 is 2.08 bits per heavy atom. The number of fused-ring (bicyclic) bond motifs is 1. The van der Waals surface area contributed by atoms with Crippen molar-refractivity contribution in [3.05, 3.63) is 48.0 Å². The van der Waals surface area contributed by atoms with Crippen molar-refractivity contribution in [1.82, 2.24) is 15.0 Å². The third-order valence-electron chi connectivity index (χ3n) is 3.48. The number of thioether (sulfide) groups is 1. The van der Waals surface area contributed by atoms with Crippen molar-refractivity contribution in [3.63, 3.8) is 0 Å². The quantitative estimate of drug-likeness (QED) is 0.282. The lowest BCUT2D eigenvalue weighted by Crippen LogP contribution is -2.19. The Hall–Kier alpha value is -3.00. The molecule has 3 aromatic rings. The fourth-order valence-electron chi connectivity index (χ4n) is 2.21. The number of benzene rings is 2. The summed E-state index contributed by atoms with van der Waals surface area (Å²) >= 11 is 1.32. The Labute approximate surface area is 148 Å². The lowest BCUT2D eigenvalue weighted by atomic mass is 10.2. The van der Waals surface area contributed by atoms with Gasteiger partial charge in [-0.25, -0.2) is 10.4 Å². The average Bonchev–Trinajstić information content (AvgIpc) is 2.93. The number of rotatable bonds is 5. The van der Waals surface area contributed by atoms with E-state index in [-0.39, 0.29) is 23.2 Å². The molecule has 3 rings (SSSR count). The van der Waals surface area contributed by atoms with Crippen molar-refractivity contribution in [3.8, 4) is 11.5 Å². The molecule has 8 heteroatoms. The Kier molecular flexibility index (Phi) is 4.90. The van der Waals surface area contributed by atoms with Gasteiger partial charge in [0.15, 0.2) is 16.7 Å². The monoisotopic (exact) mass is 356 g/mol. The Morgan fingerprint density at radius 1 is 1.28 bits per heavy atom. The molecule has 128 valence electrons. The second-order valence-electron chi connectivity index (χ2n) is 5.27. The number of amides is 1. The number of aromatic nitrogens is 2. The van der Waals surface area contributed by atoms with Gasteiger partial charge in [0.2, 0.25) is 0 Å². The smallest absolute Gasteiger partial charge is 0.250 e. The zero-order chi connectivity index (χ0) is 17.8. The maximum Gasteiger partial charge on any atom is 0.250 e. The van der Waals surface area contributed by atoms with E-state index in [1.54, 1.807) is 6.07 Å². The van der Waals surface area contributed by atoms with Crippen LogP contribution in [0.5, 0.6) is 11.5 Å². The standard InChI is InChI=1S/C17H16N4O3S/c1-21-13-5-3-2-4-12(13)19-17(21)25-10-16(24)20-18-9-11-6-7-14(22)15(23)8-11/h2-9,22-23H,10H2,1H3,(H,20,24)/b18-9-. The predicted octanol–water partition coefficient (Wildman–Crippen LogP) is 2.23. The summed E-state index contributed by atoms with van der Waals surface area (Å²) in [7, 11) is 1.91. The Morgan fingerprint density at radius 3 is 2.84 bits per heavy atom. The first-order chi connectivity index (χ1) is 12.0. The van der Waals surface area contributed by atoms with Gasteiger partial charge >= 0.3 is 0 Å². The average molecular weight is 356 g/mol. The molecule has 0 fully saturated rings. The van der Waals surface area contributed by atoms with E-state index in [1.807, 2.05) is 35.9 Å². The lowest BCUT2D eigenvalue weighted by molar-refractivity contribution is -0.118. The molecule has 7 nitrogen and oxygen atoms in total. The number of hydrazone groups is 1. The lowest BCUT2D eigenvalue weighted by Gasteiger charge is -2.02. The third kappa shape index (κ3) is 3.92. The first kappa shape index (κ1) is 16.8. The first-order valence-electron chi connectivity index (χ1n) is 7.43. The summed E-state index contributed by atoms with van der Waals surface area (Å²) < 4.78 is 1.94. The molecular weight excluding hydrogens is 340 g/mol. The summed E-state index contributed by atoms with van der Waals surface area (Å²) in [5.41, 5.74) is 4.87. The molecule has 0 unspecified atom stereocenters. The zero-order valence-corrected chi connectivity index (χ0v) is 14.2. The number of para-hydroxylation sites is 2. The van der Waals surface area contributed by atoms with Gasteiger partial charge in [-0.3, -0.25) is 4.79 Å². The molecule has 1 heterocycles. The minimum absolute atomic E-state index is 0.176. The van der Waals surface area contributed by atoms with Gasteiger partial charge in [0, 0.05) is 7.05 Å². The number of carbonyl (C=O) groups is 1. The maximum atomic E-state index is 11.9. The van der Waals surface area contributed by atoms with E-state index in [0.29, 0.717) is 5.56 Å². The summed E-state index contributed by atoms with van der Waals surface area (Å²) in [4.78, 5) is 16.4. The van der Waals surface area contributed by atoms with E-state index < -0.39 is 0 Å². The number of imidazole rings is 1. The SMILES string of the molecule is Cn1c(SCC(=O)N/N=C\c2ccc(O)c(O)c2)nc2ccccc21. The zero-order valence-electron chi connectivity index (χ0n) is 13.4. The first-order valence-corrected chi connectivity index (χ1v) is 8.41. The van der Waals surface area contributed by atoms with Gasteiger partial charge in [0.25, 0.3) is 5.91 Å². The molecule has 0 aliphatic carbocycles. The van der Waals surface area contributed by atoms with E-state index in [1.165, 1.54) is 30.1 Å². The van der Waals surface area contributed by atoms with Crippen LogP contribution in [0.4, 0.5) is 0 Å². The number of phenolic OH excluding ortho intramolecular Hbond substituents is 2. The van der Waals surface area contributed by atoms with Gasteiger partial charge in [0.05, 0.1) is 23.0 Å². The van der Waals surface area contributed by atoms with Crippen molar-refractivity contribution in [2.75, 3.05) is 5.75 Å². The molecule has 0 radical (unpaired) electrons. The minimum atomic E-state index is -0.267. The molecule has 2 aromatic carbocycles. The molecule has 0 saturated carbocycles. The molecule has 0 aliphatic rings. The molecule has 0 aliphatic heterocycles. The van der Waals surface area contributed by atoms with Crippen molar-refractivity contribution in [1.29, 1.82) is 0 Å². The molecular formula is C17H16N4O3S. The molecule has 3 N–H and O–H groups in total. The van der Waals surface area contributed by atoms with Crippen LogP contribution >= 0.6 is 11.8 Å². The number of hydrogen-bond donors (Lipinski definition) is 3. The maximum absolute atomic E-state index is 11.9. The van der Waals surface area contributed by atoms with E-state index in [0.717, 1.165) is 16.2 Å². The predicted molar refractivity (Wildman–Crippen MR) is 96.9 cm³/mol. The van der Waals surface area contributed by atoms with Crippen LogP contribution in [0, 0.1) is 0 Å². The summed E-state index contributed by atoms with van der Waals surface area (Å²) in [5.74, 6) is -0.543.